The number of fused-ring (bicyclic) bond motifs is 1. The first-order valence-corrected chi connectivity index (χ1v) is 8.91. The van der Waals surface area contributed by atoms with Crippen LogP contribution in [0.15, 0.2) is 11.1 Å². The average Bonchev–Trinajstić information content (AvgIpc) is 2.95. The van der Waals surface area contributed by atoms with Crippen molar-refractivity contribution in [3.8, 4) is 0 Å². The molecule has 3 heterocycles. The van der Waals surface area contributed by atoms with Crippen LogP contribution in [0.3, 0.4) is 0 Å². The molecule has 0 radical (unpaired) electrons. The monoisotopic (exact) mass is 393 g/mol. The minimum atomic E-state index is -4.31. The molecular formula is C10H13BrN5O5P. The Balaban J connectivity index is 1.88. The van der Waals surface area contributed by atoms with Crippen molar-refractivity contribution in [3.63, 3.8) is 0 Å². The van der Waals surface area contributed by atoms with E-state index in [2.05, 4.69) is 30.9 Å². The molecule has 1 aliphatic rings. The number of nitrogens with one attached hydrogen (secondary N) is 1. The van der Waals surface area contributed by atoms with E-state index in [-0.39, 0.29) is 23.8 Å². The van der Waals surface area contributed by atoms with Crippen molar-refractivity contribution >= 4 is 40.6 Å². The Morgan fingerprint density at radius 3 is 2.95 bits per heavy atom. The summed E-state index contributed by atoms with van der Waals surface area (Å²) in [4.78, 5) is 40.5. The second-order valence-electron chi connectivity index (χ2n) is 5.05. The van der Waals surface area contributed by atoms with E-state index in [1.54, 1.807) is 4.57 Å². The smallest absolute Gasteiger partial charge is 0.354 e. The SMILES string of the molecule is Nc1nc2c(ncn2C[C@@H]2C[C@H](P(=O)(O)O)O[C@@H]2Br)c(=O)[nH]1. The third-order valence-corrected chi connectivity index (χ3v) is 5.51. The number of anilines is 1. The van der Waals surface area contributed by atoms with Crippen LogP contribution < -0.4 is 11.3 Å². The molecule has 22 heavy (non-hydrogen) atoms. The highest BCUT2D eigenvalue weighted by Gasteiger charge is 2.43. The molecule has 0 saturated carbocycles. The lowest BCUT2D eigenvalue weighted by Gasteiger charge is -2.13. The van der Waals surface area contributed by atoms with E-state index in [0.29, 0.717) is 12.2 Å². The first-order valence-electron chi connectivity index (χ1n) is 6.31. The third-order valence-electron chi connectivity index (χ3n) is 3.46. The molecule has 2 aromatic heterocycles. The molecule has 0 unspecified atom stereocenters. The normalized spacial score (nSPS) is 25.9. The molecule has 1 fully saturated rings. The molecule has 2 aromatic rings. The Labute approximate surface area is 132 Å². The van der Waals surface area contributed by atoms with Gasteiger partial charge in [0, 0.05) is 12.5 Å². The lowest BCUT2D eigenvalue weighted by atomic mass is 10.1. The lowest BCUT2D eigenvalue weighted by Crippen LogP contribution is -2.17. The molecule has 0 bridgehead atoms. The summed E-state index contributed by atoms with van der Waals surface area (Å²) in [7, 11) is -4.31. The highest BCUT2D eigenvalue weighted by molar-refractivity contribution is 9.09. The van der Waals surface area contributed by atoms with Gasteiger partial charge in [-0.1, -0.05) is 15.9 Å². The number of hydrogen-bond donors (Lipinski definition) is 4. The standard InChI is InChI=1S/C10H13BrN5O5P/c11-7-4(1-5(21-7)22(18,19)20)2-16-3-13-6-8(16)14-10(12)15-9(6)17/h3-5,7H,1-2H2,(H2,18,19,20)(H3,12,14,15,17)/t4-,5-,7-/m0/s1. The summed E-state index contributed by atoms with van der Waals surface area (Å²) in [5.74, 6) is -1.37. The quantitative estimate of drug-likeness (QED) is 0.418. The molecule has 3 atom stereocenters. The van der Waals surface area contributed by atoms with Crippen LogP contribution in [0.2, 0.25) is 0 Å². The summed E-state index contributed by atoms with van der Waals surface area (Å²) in [6.45, 7) is 0.332. The van der Waals surface area contributed by atoms with Crippen LogP contribution in [0.1, 0.15) is 6.42 Å². The molecular weight excluding hydrogens is 381 g/mol. The van der Waals surface area contributed by atoms with E-state index in [0.717, 1.165) is 0 Å². The van der Waals surface area contributed by atoms with Gasteiger partial charge >= 0.3 is 7.60 Å². The molecule has 0 spiro atoms. The van der Waals surface area contributed by atoms with E-state index in [4.69, 9.17) is 10.5 Å². The summed E-state index contributed by atoms with van der Waals surface area (Å²) >= 11 is 3.26. The van der Waals surface area contributed by atoms with Crippen LogP contribution in [0.4, 0.5) is 5.95 Å². The number of aromatic nitrogens is 4. The average molecular weight is 394 g/mol. The predicted octanol–water partition coefficient (Wildman–Crippen LogP) is -0.0369. The number of aromatic amines is 1. The number of imidazole rings is 1. The molecule has 0 aromatic carbocycles. The summed E-state index contributed by atoms with van der Waals surface area (Å²) in [5, 5.41) is -0.512. The van der Waals surface area contributed by atoms with Crippen LogP contribution >= 0.6 is 23.5 Å². The number of rotatable bonds is 3. The molecule has 0 aliphatic carbocycles. The van der Waals surface area contributed by atoms with Crippen molar-refractivity contribution in [2.24, 2.45) is 5.92 Å². The zero-order chi connectivity index (χ0) is 16.1. The molecule has 120 valence electrons. The predicted molar refractivity (Wildman–Crippen MR) is 80.3 cm³/mol. The van der Waals surface area contributed by atoms with Gasteiger partial charge in [0.1, 0.15) is 5.01 Å². The van der Waals surface area contributed by atoms with Gasteiger partial charge in [0.05, 0.1) is 6.33 Å². The first kappa shape index (κ1) is 15.6. The molecule has 1 aliphatic heterocycles. The van der Waals surface area contributed by atoms with Crippen molar-refractivity contribution < 1.29 is 19.1 Å². The molecule has 12 heteroatoms. The molecule has 1 saturated heterocycles. The van der Waals surface area contributed by atoms with Gasteiger partial charge in [0.25, 0.3) is 5.56 Å². The fraction of sp³-hybridized carbons (Fsp3) is 0.500. The second kappa shape index (κ2) is 5.43. The van der Waals surface area contributed by atoms with Crippen LogP contribution in [0.5, 0.6) is 0 Å². The fourth-order valence-electron chi connectivity index (χ4n) is 2.41. The van der Waals surface area contributed by atoms with Crippen molar-refractivity contribution in [2.75, 3.05) is 5.73 Å². The molecule has 5 N–H and O–H groups in total. The number of halogens is 1. The minimum absolute atomic E-state index is 0.0228. The third kappa shape index (κ3) is 2.82. The van der Waals surface area contributed by atoms with E-state index < -0.39 is 24.0 Å². The maximum atomic E-state index is 11.7. The van der Waals surface area contributed by atoms with Crippen molar-refractivity contribution in [1.29, 1.82) is 0 Å². The van der Waals surface area contributed by atoms with Gasteiger partial charge in [-0.05, 0) is 6.42 Å². The number of nitrogens with two attached hydrogens (primary N) is 1. The highest BCUT2D eigenvalue weighted by atomic mass is 79.9. The van der Waals surface area contributed by atoms with Gasteiger partial charge in [0.15, 0.2) is 17.0 Å². The van der Waals surface area contributed by atoms with Crippen LogP contribution in [-0.4, -0.2) is 40.2 Å². The zero-order valence-electron chi connectivity index (χ0n) is 11.1. The van der Waals surface area contributed by atoms with Gasteiger partial charge in [0.2, 0.25) is 5.95 Å². The number of nitrogen functional groups attached to an aromatic ring is 1. The first-order chi connectivity index (χ1) is 10.3. The van der Waals surface area contributed by atoms with Crippen LogP contribution in [0, 0.1) is 5.92 Å². The van der Waals surface area contributed by atoms with Crippen molar-refractivity contribution in [1.82, 2.24) is 19.5 Å². The second-order valence-corrected chi connectivity index (χ2v) is 7.70. The van der Waals surface area contributed by atoms with E-state index in [1.807, 2.05) is 0 Å². The van der Waals surface area contributed by atoms with Gasteiger partial charge in [-0.3, -0.25) is 14.3 Å². The number of hydrogen-bond acceptors (Lipinski definition) is 6. The number of alkyl halides is 1. The maximum absolute atomic E-state index is 11.7. The highest BCUT2D eigenvalue weighted by Crippen LogP contribution is 2.51. The summed E-state index contributed by atoms with van der Waals surface area (Å²) in [6, 6.07) is 0. The fourth-order valence-corrected chi connectivity index (χ4v) is 4.06. The van der Waals surface area contributed by atoms with E-state index in [9.17, 15) is 19.1 Å². The minimum Gasteiger partial charge on any atom is -0.369 e. The van der Waals surface area contributed by atoms with Crippen LogP contribution in [0.25, 0.3) is 11.2 Å². The van der Waals surface area contributed by atoms with Gasteiger partial charge in [-0.15, -0.1) is 0 Å². The van der Waals surface area contributed by atoms with E-state index >= 15 is 0 Å². The van der Waals surface area contributed by atoms with Crippen molar-refractivity contribution in [2.45, 2.75) is 23.8 Å². The summed E-state index contributed by atoms with van der Waals surface area (Å²) in [6.07, 6.45) is 1.62. The molecule has 3 rings (SSSR count). The topological polar surface area (TPSA) is 156 Å². The van der Waals surface area contributed by atoms with Gasteiger partial charge in [-0.25, -0.2) is 4.98 Å². The van der Waals surface area contributed by atoms with Gasteiger partial charge in [-0.2, -0.15) is 4.98 Å². The number of ether oxygens (including phenoxy) is 1. The Hall–Kier alpha value is -1.26. The largest absolute Gasteiger partial charge is 0.369 e. The molecule has 0 amide bonds. The molecule has 10 nitrogen and oxygen atoms in total. The Kier molecular flexibility index (Phi) is 3.86. The van der Waals surface area contributed by atoms with Gasteiger partial charge < -0.3 is 24.8 Å². The number of H-pyrrole nitrogens is 1. The Morgan fingerprint density at radius 1 is 1.59 bits per heavy atom. The van der Waals surface area contributed by atoms with Crippen molar-refractivity contribution in [3.05, 3.63) is 16.7 Å². The maximum Gasteiger partial charge on any atom is 0.354 e. The summed E-state index contributed by atoms with van der Waals surface area (Å²) in [5.41, 5.74) is 5.56. The summed E-state index contributed by atoms with van der Waals surface area (Å²) < 4.78 is 18.2. The zero-order valence-corrected chi connectivity index (χ0v) is 13.6. The Bertz CT molecular complexity index is 816. The van der Waals surface area contributed by atoms with Crippen LogP contribution in [-0.2, 0) is 15.8 Å². The lowest BCUT2D eigenvalue weighted by molar-refractivity contribution is 0.116. The number of nitrogens with zero attached hydrogens (tertiary/aromatic N) is 3. The van der Waals surface area contributed by atoms with E-state index in [1.165, 1.54) is 6.33 Å². The Morgan fingerprint density at radius 2 is 2.32 bits per heavy atom.